The van der Waals surface area contributed by atoms with E-state index in [1.54, 1.807) is 19.2 Å². The van der Waals surface area contributed by atoms with Crippen molar-refractivity contribution in [3.05, 3.63) is 78.0 Å². The number of hydrogen-bond acceptors (Lipinski definition) is 5. The highest BCUT2D eigenvalue weighted by atomic mass is 19.4. The number of nitrogens with one attached hydrogen (secondary N) is 1. The van der Waals surface area contributed by atoms with Crippen molar-refractivity contribution in [2.45, 2.75) is 25.9 Å². The molecule has 36 heavy (non-hydrogen) atoms. The van der Waals surface area contributed by atoms with Crippen molar-refractivity contribution < 1.29 is 18.0 Å². The van der Waals surface area contributed by atoms with E-state index in [1.807, 2.05) is 41.3 Å². The Balaban J connectivity index is 1.19. The summed E-state index contributed by atoms with van der Waals surface area (Å²) in [5, 5.41) is 3.38. The van der Waals surface area contributed by atoms with Crippen molar-refractivity contribution in [2.24, 2.45) is 0 Å². The second kappa shape index (κ2) is 11.6. The molecule has 8 heteroatoms. The standard InChI is InChI=1S/C28H31F3N4O/c1-21(36)22-6-4-7-23(18-22)24-10-12-33-27(19-24)32-11-2-3-13-34-14-16-35(17-15-34)26-9-5-8-25(20-26)28(29,30)31/h4-10,12,18-20H,2-3,11,13-17H2,1H3,(H,32,33). The lowest BCUT2D eigenvalue weighted by Crippen LogP contribution is -2.46. The number of unbranched alkanes of at least 4 members (excludes halogenated alkanes) is 1. The number of piperazine rings is 1. The van der Waals surface area contributed by atoms with Crippen LogP contribution >= 0.6 is 0 Å². The summed E-state index contributed by atoms with van der Waals surface area (Å²) in [5.41, 5.74) is 2.72. The molecule has 1 N–H and O–H groups in total. The van der Waals surface area contributed by atoms with Gasteiger partial charge in [-0.2, -0.15) is 13.2 Å². The Hall–Kier alpha value is -3.39. The summed E-state index contributed by atoms with van der Waals surface area (Å²) in [5.74, 6) is 0.844. The number of halogens is 3. The van der Waals surface area contributed by atoms with E-state index in [4.69, 9.17) is 0 Å². The average Bonchev–Trinajstić information content (AvgIpc) is 2.89. The predicted molar refractivity (Wildman–Crippen MR) is 137 cm³/mol. The lowest BCUT2D eigenvalue weighted by atomic mass is 10.0. The maximum Gasteiger partial charge on any atom is 0.416 e. The maximum absolute atomic E-state index is 13.0. The summed E-state index contributed by atoms with van der Waals surface area (Å²) >= 11 is 0. The van der Waals surface area contributed by atoms with Gasteiger partial charge in [-0.05, 0) is 73.8 Å². The number of anilines is 2. The topological polar surface area (TPSA) is 48.5 Å². The maximum atomic E-state index is 13.0. The third kappa shape index (κ3) is 6.85. The second-order valence-electron chi connectivity index (χ2n) is 9.08. The Labute approximate surface area is 210 Å². The van der Waals surface area contributed by atoms with Crippen LogP contribution in [0, 0.1) is 0 Å². The van der Waals surface area contributed by atoms with Crippen molar-refractivity contribution in [1.29, 1.82) is 0 Å². The molecular formula is C28H31F3N4O. The molecule has 190 valence electrons. The number of benzene rings is 2. The number of Topliss-reactive ketones (excluding diaryl/α,β-unsaturated/α-hetero) is 1. The lowest BCUT2D eigenvalue weighted by Gasteiger charge is -2.36. The zero-order chi connectivity index (χ0) is 25.5. The minimum Gasteiger partial charge on any atom is -0.370 e. The fourth-order valence-corrected chi connectivity index (χ4v) is 4.41. The third-order valence-corrected chi connectivity index (χ3v) is 6.48. The summed E-state index contributed by atoms with van der Waals surface area (Å²) in [4.78, 5) is 20.5. The van der Waals surface area contributed by atoms with Crippen LogP contribution in [-0.4, -0.2) is 54.9 Å². The Morgan fingerprint density at radius 3 is 2.44 bits per heavy atom. The molecule has 4 rings (SSSR count). The van der Waals surface area contributed by atoms with Crippen molar-refractivity contribution in [2.75, 3.05) is 49.5 Å². The highest BCUT2D eigenvalue weighted by Crippen LogP contribution is 2.32. The molecular weight excluding hydrogens is 465 g/mol. The number of alkyl halides is 3. The molecule has 2 aromatic carbocycles. The minimum absolute atomic E-state index is 0.0429. The fraction of sp³-hybridized carbons (Fsp3) is 0.357. The number of ketones is 1. The van der Waals surface area contributed by atoms with Crippen LogP contribution in [0.15, 0.2) is 66.9 Å². The molecule has 1 aromatic heterocycles. The Kier molecular flexibility index (Phi) is 8.25. The highest BCUT2D eigenvalue weighted by molar-refractivity contribution is 5.95. The molecule has 5 nitrogen and oxygen atoms in total. The first-order chi connectivity index (χ1) is 17.3. The van der Waals surface area contributed by atoms with Crippen LogP contribution in [0.4, 0.5) is 24.7 Å². The smallest absolute Gasteiger partial charge is 0.370 e. The van der Waals surface area contributed by atoms with Crippen LogP contribution < -0.4 is 10.2 Å². The molecule has 1 fully saturated rings. The van der Waals surface area contributed by atoms with Gasteiger partial charge in [0.25, 0.3) is 0 Å². The van der Waals surface area contributed by atoms with Gasteiger partial charge in [0.05, 0.1) is 5.56 Å². The number of hydrogen-bond donors (Lipinski definition) is 1. The zero-order valence-corrected chi connectivity index (χ0v) is 20.4. The van der Waals surface area contributed by atoms with E-state index in [-0.39, 0.29) is 5.78 Å². The SMILES string of the molecule is CC(=O)c1cccc(-c2ccnc(NCCCCN3CCN(c4cccc(C(F)(F)F)c4)CC3)c2)c1. The molecule has 0 radical (unpaired) electrons. The summed E-state index contributed by atoms with van der Waals surface area (Å²) in [6.45, 7) is 6.45. The van der Waals surface area contributed by atoms with E-state index in [0.29, 0.717) is 11.3 Å². The van der Waals surface area contributed by atoms with Crippen LogP contribution in [0.2, 0.25) is 0 Å². The molecule has 0 atom stereocenters. The van der Waals surface area contributed by atoms with Crippen LogP contribution in [0.25, 0.3) is 11.1 Å². The molecule has 0 aliphatic carbocycles. The van der Waals surface area contributed by atoms with Crippen LogP contribution in [0.3, 0.4) is 0 Å². The van der Waals surface area contributed by atoms with Gasteiger partial charge in [-0.25, -0.2) is 4.98 Å². The van der Waals surface area contributed by atoms with Crippen molar-refractivity contribution in [3.63, 3.8) is 0 Å². The monoisotopic (exact) mass is 496 g/mol. The predicted octanol–water partition coefficient (Wildman–Crippen LogP) is 5.98. The molecule has 1 saturated heterocycles. The molecule has 0 unspecified atom stereocenters. The number of carbonyl (C=O) groups is 1. The first-order valence-electron chi connectivity index (χ1n) is 12.3. The van der Waals surface area contributed by atoms with E-state index in [9.17, 15) is 18.0 Å². The fourth-order valence-electron chi connectivity index (χ4n) is 4.41. The first kappa shape index (κ1) is 25.7. The van der Waals surface area contributed by atoms with E-state index in [2.05, 4.69) is 15.2 Å². The zero-order valence-electron chi connectivity index (χ0n) is 20.4. The normalized spacial score (nSPS) is 14.6. The van der Waals surface area contributed by atoms with Gasteiger partial charge in [-0.1, -0.05) is 24.3 Å². The minimum atomic E-state index is -4.32. The van der Waals surface area contributed by atoms with Crippen LogP contribution in [0.1, 0.15) is 35.7 Å². The van der Waals surface area contributed by atoms with Gasteiger partial charge in [0.2, 0.25) is 0 Å². The summed E-state index contributed by atoms with van der Waals surface area (Å²) in [7, 11) is 0. The lowest BCUT2D eigenvalue weighted by molar-refractivity contribution is -0.137. The summed E-state index contributed by atoms with van der Waals surface area (Å²) < 4.78 is 39.0. The molecule has 0 saturated carbocycles. The van der Waals surface area contributed by atoms with Gasteiger partial charge in [-0.3, -0.25) is 9.69 Å². The Morgan fingerprint density at radius 2 is 1.69 bits per heavy atom. The molecule has 0 spiro atoms. The van der Waals surface area contributed by atoms with Crippen LogP contribution in [0.5, 0.6) is 0 Å². The van der Waals surface area contributed by atoms with E-state index in [1.165, 1.54) is 12.1 Å². The van der Waals surface area contributed by atoms with Crippen molar-refractivity contribution >= 4 is 17.3 Å². The van der Waals surface area contributed by atoms with Gasteiger partial charge in [-0.15, -0.1) is 0 Å². The summed E-state index contributed by atoms with van der Waals surface area (Å²) in [6, 6.07) is 17.1. The Bertz CT molecular complexity index is 1170. The first-order valence-corrected chi connectivity index (χ1v) is 12.3. The molecule has 1 aliphatic rings. The van der Waals surface area contributed by atoms with E-state index in [0.717, 1.165) is 75.1 Å². The highest BCUT2D eigenvalue weighted by Gasteiger charge is 2.31. The number of aromatic nitrogens is 1. The van der Waals surface area contributed by atoms with Gasteiger partial charge in [0.1, 0.15) is 5.82 Å². The van der Waals surface area contributed by atoms with Crippen molar-refractivity contribution in [3.8, 4) is 11.1 Å². The molecule has 2 heterocycles. The molecule has 1 aliphatic heterocycles. The van der Waals surface area contributed by atoms with Crippen molar-refractivity contribution in [1.82, 2.24) is 9.88 Å². The van der Waals surface area contributed by atoms with Gasteiger partial charge < -0.3 is 10.2 Å². The molecule has 0 amide bonds. The third-order valence-electron chi connectivity index (χ3n) is 6.48. The number of rotatable bonds is 9. The number of carbonyl (C=O) groups excluding carboxylic acids is 1. The number of nitrogens with zero attached hydrogens (tertiary/aromatic N) is 3. The molecule has 0 bridgehead atoms. The van der Waals surface area contributed by atoms with Gasteiger partial charge >= 0.3 is 6.18 Å². The van der Waals surface area contributed by atoms with Crippen LogP contribution in [-0.2, 0) is 6.18 Å². The van der Waals surface area contributed by atoms with E-state index >= 15 is 0 Å². The largest absolute Gasteiger partial charge is 0.416 e. The Morgan fingerprint density at radius 1 is 0.944 bits per heavy atom. The molecule has 3 aromatic rings. The summed E-state index contributed by atoms with van der Waals surface area (Å²) in [6.07, 6.45) is -0.540. The van der Waals surface area contributed by atoms with Gasteiger partial charge in [0, 0.05) is 50.2 Å². The number of pyridine rings is 1. The second-order valence-corrected chi connectivity index (χ2v) is 9.08. The average molecular weight is 497 g/mol. The van der Waals surface area contributed by atoms with E-state index < -0.39 is 11.7 Å². The van der Waals surface area contributed by atoms with Gasteiger partial charge in [0.15, 0.2) is 5.78 Å². The quantitative estimate of drug-likeness (QED) is 0.292.